The molecule has 16 heteroatoms. The summed E-state index contributed by atoms with van der Waals surface area (Å²) in [6, 6.07) is 0. The fraction of sp³-hybridized carbons (Fsp3) is 1.00. The molecule has 0 N–H and O–H groups in total. The van der Waals surface area contributed by atoms with Gasteiger partial charge in [-0.1, -0.05) is 27.7 Å². The molecule has 0 aromatic rings. The van der Waals surface area contributed by atoms with Crippen molar-refractivity contribution in [2.24, 2.45) is 11.8 Å². The van der Waals surface area contributed by atoms with E-state index in [2.05, 4.69) is 0 Å². The van der Waals surface area contributed by atoms with Crippen LogP contribution in [0.3, 0.4) is 0 Å². The minimum absolute atomic E-state index is 0.681. The highest BCUT2D eigenvalue weighted by molar-refractivity contribution is 5.15. The molecule has 0 fully saturated rings. The average molecular weight is 514 g/mol. The van der Waals surface area contributed by atoms with Gasteiger partial charge in [-0.05, 0) is 11.8 Å². The summed E-state index contributed by atoms with van der Waals surface area (Å²) in [6.07, 6.45) is -4.67. The molecule has 0 bridgehead atoms. The van der Waals surface area contributed by atoms with Crippen LogP contribution in [0.2, 0.25) is 0 Å². The van der Waals surface area contributed by atoms with Crippen molar-refractivity contribution in [3.05, 3.63) is 0 Å². The minimum atomic E-state index is -8.34. The molecule has 0 aliphatic rings. The number of alkyl halides is 16. The Balaban J connectivity index is 6.71. The summed E-state index contributed by atoms with van der Waals surface area (Å²) in [6.45, 7) is 2.72. The summed E-state index contributed by atoms with van der Waals surface area (Å²) >= 11 is 0. The Morgan fingerprint density at radius 1 is 0.344 bits per heavy atom. The normalized spacial score (nSPS) is 16.3. The quantitative estimate of drug-likeness (QED) is 0.244. The summed E-state index contributed by atoms with van der Waals surface area (Å²) in [5.74, 6) is -63.6. The van der Waals surface area contributed by atoms with Crippen molar-refractivity contribution in [2.75, 3.05) is 0 Å². The fourth-order valence-electron chi connectivity index (χ4n) is 2.53. The standard InChI is InChI=1S/C16H18F16/c1-7(2)5-9(17,18)11(21,22)13(25,26)15(29,30)16(31,32)14(27,28)12(23,24)10(19,20)6-8(3)4/h7-8H,5-6H2,1-4H3. The maximum absolute atomic E-state index is 13.6. The van der Waals surface area contributed by atoms with Crippen molar-refractivity contribution < 1.29 is 70.2 Å². The highest BCUT2D eigenvalue weighted by atomic mass is 19.4. The van der Waals surface area contributed by atoms with E-state index < -0.39 is 72.1 Å². The largest absolute Gasteiger partial charge is 0.384 e. The van der Waals surface area contributed by atoms with Gasteiger partial charge in [-0.2, -0.15) is 70.2 Å². The van der Waals surface area contributed by atoms with Gasteiger partial charge >= 0.3 is 47.4 Å². The van der Waals surface area contributed by atoms with E-state index in [1.165, 1.54) is 0 Å². The van der Waals surface area contributed by atoms with E-state index in [1.807, 2.05) is 0 Å². The van der Waals surface area contributed by atoms with Gasteiger partial charge in [0.15, 0.2) is 0 Å². The van der Waals surface area contributed by atoms with E-state index in [9.17, 15) is 70.2 Å². The molecule has 0 aliphatic carbocycles. The summed E-state index contributed by atoms with van der Waals surface area (Å²) in [5, 5.41) is 0. The van der Waals surface area contributed by atoms with Gasteiger partial charge in [0.05, 0.1) is 0 Å². The van der Waals surface area contributed by atoms with Gasteiger partial charge in [-0.3, -0.25) is 0 Å². The second-order valence-corrected chi connectivity index (χ2v) is 8.05. The van der Waals surface area contributed by atoms with E-state index in [1.54, 1.807) is 0 Å². The Hall–Kier alpha value is -1.12. The zero-order valence-electron chi connectivity index (χ0n) is 16.6. The maximum atomic E-state index is 13.6. The molecule has 32 heavy (non-hydrogen) atoms. The van der Waals surface area contributed by atoms with Crippen LogP contribution in [-0.4, -0.2) is 47.4 Å². The van der Waals surface area contributed by atoms with E-state index in [-0.39, 0.29) is 0 Å². The molecule has 0 unspecified atom stereocenters. The zero-order valence-corrected chi connectivity index (χ0v) is 16.6. The molecule has 0 aromatic heterocycles. The Kier molecular flexibility index (Phi) is 7.98. The van der Waals surface area contributed by atoms with Gasteiger partial charge < -0.3 is 0 Å². The highest BCUT2D eigenvalue weighted by Gasteiger charge is 2.94. The third-order valence-corrected chi connectivity index (χ3v) is 4.22. The smallest absolute Gasteiger partial charge is 0.200 e. The first-order valence-electron chi connectivity index (χ1n) is 8.61. The van der Waals surface area contributed by atoms with Crippen molar-refractivity contribution in [3.8, 4) is 0 Å². The minimum Gasteiger partial charge on any atom is -0.200 e. The monoisotopic (exact) mass is 514 g/mol. The topological polar surface area (TPSA) is 0 Å². The number of rotatable bonds is 11. The molecule has 0 heterocycles. The molecule has 0 saturated heterocycles. The Labute approximate surface area is 171 Å². The first-order valence-corrected chi connectivity index (χ1v) is 8.61. The van der Waals surface area contributed by atoms with Crippen LogP contribution in [0.4, 0.5) is 70.2 Å². The van der Waals surface area contributed by atoms with E-state index in [0.29, 0.717) is 27.7 Å². The van der Waals surface area contributed by atoms with Crippen LogP contribution in [0.1, 0.15) is 40.5 Å². The van der Waals surface area contributed by atoms with Gasteiger partial charge in [0.25, 0.3) is 0 Å². The molecular formula is C16H18F16. The molecule has 0 amide bonds. The van der Waals surface area contributed by atoms with Crippen molar-refractivity contribution in [1.29, 1.82) is 0 Å². The SMILES string of the molecule is CC(C)CC(F)(F)C(F)(F)C(F)(F)C(F)(F)C(F)(F)C(F)(F)C(F)(F)C(F)(F)CC(C)C. The van der Waals surface area contributed by atoms with Crippen molar-refractivity contribution >= 4 is 0 Å². The lowest BCUT2D eigenvalue weighted by molar-refractivity contribution is -0.454. The van der Waals surface area contributed by atoms with Crippen LogP contribution < -0.4 is 0 Å². The first kappa shape index (κ1) is 30.9. The fourth-order valence-corrected chi connectivity index (χ4v) is 2.53. The third-order valence-electron chi connectivity index (χ3n) is 4.22. The van der Waals surface area contributed by atoms with Gasteiger partial charge in [0.2, 0.25) is 0 Å². The van der Waals surface area contributed by atoms with Gasteiger partial charge in [-0.25, -0.2) is 0 Å². The molecule has 194 valence electrons. The van der Waals surface area contributed by atoms with Crippen LogP contribution in [-0.2, 0) is 0 Å². The predicted molar refractivity (Wildman–Crippen MR) is 78.5 cm³/mol. The molecule has 0 radical (unpaired) electrons. The average Bonchev–Trinajstić information content (AvgIpc) is 2.50. The van der Waals surface area contributed by atoms with Crippen LogP contribution in [0.25, 0.3) is 0 Å². The number of hydrogen-bond donors (Lipinski definition) is 0. The predicted octanol–water partition coefficient (Wildman–Crippen LogP) is 8.16. The second kappa shape index (κ2) is 8.27. The first-order chi connectivity index (χ1) is 13.6. The molecule has 0 saturated carbocycles. The van der Waals surface area contributed by atoms with Crippen LogP contribution in [0.5, 0.6) is 0 Å². The summed E-state index contributed by atoms with van der Waals surface area (Å²) in [4.78, 5) is 0. The van der Waals surface area contributed by atoms with Crippen molar-refractivity contribution in [1.82, 2.24) is 0 Å². The maximum Gasteiger partial charge on any atom is 0.384 e. The van der Waals surface area contributed by atoms with Crippen molar-refractivity contribution in [2.45, 2.75) is 87.9 Å². The van der Waals surface area contributed by atoms with E-state index >= 15 is 0 Å². The molecule has 0 nitrogen and oxygen atoms in total. The lowest BCUT2D eigenvalue weighted by Gasteiger charge is -2.44. The molecule has 0 rings (SSSR count). The lowest BCUT2D eigenvalue weighted by Crippen LogP contribution is -2.74. The van der Waals surface area contributed by atoms with Crippen LogP contribution >= 0.6 is 0 Å². The Bertz CT molecular complexity index is 590. The molecule has 0 aliphatic heterocycles. The van der Waals surface area contributed by atoms with E-state index in [0.717, 1.165) is 0 Å². The number of hydrogen-bond acceptors (Lipinski definition) is 0. The Morgan fingerprint density at radius 2 is 0.500 bits per heavy atom. The van der Waals surface area contributed by atoms with Crippen LogP contribution in [0.15, 0.2) is 0 Å². The van der Waals surface area contributed by atoms with Gasteiger partial charge in [0, 0.05) is 12.8 Å². The number of halogens is 16. The van der Waals surface area contributed by atoms with Crippen molar-refractivity contribution in [3.63, 3.8) is 0 Å². The molecule has 0 spiro atoms. The van der Waals surface area contributed by atoms with Gasteiger partial charge in [-0.15, -0.1) is 0 Å². The second-order valence-electron chi connectivity index (χ2n) is 8.05. The molecule has 0 atom stereocenters. The third kappa shape index (κ3) is 4.34. The summed E-state index contributed by atoms with van der Waals surface area (Å²) in [7, 11) is 0. The highest BCUT2D eigenvalue weighted by Crippen LogP contribution is 2.64. The van der Waals surface area contributed by atoms with E-state index in [4.69, 9.17) is 0 Å². The molecular weight excluding hydrogens is 496 g/mol. The van der Waals surface area contributed by atoms with Crippen LogP contribution in [0, 0.1) is 11.8 Å². The zero-order chi connectivity index (χ0) is 26.6. The Morgan fingerprint density at radius 3 is 0.656 bits per heavy atom. The molecule has 0 aromatic carbocycles. The van der Waals surface area contributed by atoms with Gasteiger partial charge in [0.1, 0.15) is 0 Å². The lowest BCUT2D eigenvalue weighted by atomic mass is 9.85. The summed E-state index contributed by atoms with van der Waals surface area (Å²) in [5.41, 5.74) is 0. The summed E-state index contributed by atoms with van der Waals surface area (Å²) < 4.78 is 217.